The summed E-state index contributed by atoms with van der Waals surface area (Å²) in [5.41, 5.74) is 0.165. The van der Waals surface area contributed by atoms with E-state index in [9.17, 15) is 15.4 Å². The van der Waals surface area contributed by atoms with Crippen LogP contribution in [0, 0.1) is 26.9 Å². The Hall–Kier alpha value is -2.13. The molecule has 2 bridgehead atoms. The Bertz CT molecular complexity index is 625. The standard InChI is InChI=1S/C15H16N2O4/c1-20-13-4-2-10(6-12(13)17(18)19)7-15(9-16)8-11-3-5-14(15)21-11/h2,4,6,11,14H,3,5,7-8H2,1H3. The minimum atomic E-state index is -0.550. The first kappa shape index (κ1) is 13.8. The molecule has 2 aliphatic heterocycles. The summed E-state index contributed by atoms with van der Waals surface area (Å²) in [6, 6.07) is 7.29. The van der Waals surface area contributed by atoms with Crippen LogP contribution in [0.2, 0.25) is 0 Å². The van der Waals surface area contributed by atoms with Crippen molar-refractivity contribution in [3.63, 3.8) is 0 Å². The monoisotopic (exact) mass is 288 g/mol. The molecule has 1 aromatic carbocycles. The number of nitro groups is 1. The molecule has 6 heteroatoms. The van der Waals surface area contributed by atoms with Gasteiger partial charge in [-0.1, -0.05) is 6.07 Å². The molecular weight excluding hydrogens is 272 g/mol. The molecule has 3 rings (SSSR count). The molecule has 0 saturated carbocycles. The second kappa shape index (κ2) is 5.01. The van der Waals surface area contributed by atoms with E-state index in [1.165, 1.54) is 13.2 Å². The van der Waals surface area contributed by atoms with Gasteiger partial charge in [-0.15, -0.1) is 0 Å². The first-order valence-electron chi connectivity index (χ1n) is 6.96. The van der Waals surface area contributed by atoms with Gasteiger partial charge in [0.1, 0.15) is 0 Å². The van der Waals surface area contributed by atoms with E-state index in [1.807, 2.05) is 0 Å². The first-order valence-corrected chi connectivity index (χ1v) is 6.96. The number of nitriles is 1. The number of methoxy groups -OCH3 is 1. The van der Waals surface area contributed by atoms with Crippen LogP contribution < -0.4 is 4.74 Å². The minimum absolute atomic E-state index is 0.0475. The lowest BCUT2D eigenvalue weighted by molar-refractivity contribution is -0.385. The lowest BCUT2D eigenvalue weighted by Crippen LogP contribution is -2.33. The predicted molar refractivity (Wildman–Crippen MR) is 73.9 cm³/mol. The number of rotatable bonds is 4. The summed E-state index contributed by atoms with van der Waals surface area (Å²) in [6.07, 6.45) is 3.23. The van der Waals surface area contributed by atoms with Crippen molar-refractivity contribution in [2.45, 2.75) is 37.9 Å². The Kier molecular flexibility index (Phi) is 3.30. The molecule has 2 saturated heterocycles. The van der Waals surface area contributed by atoms with E-state index in [2.05, 4.69) is 6.07 Å². The molecule has 110 valence electrons. The van der Waals surface area contributed by atoms with Gasteiger partial charge < -0.3 is 9.47 Å². The molecule has 0 radical (unpaired) electrons. The van der Waals surface area contributed by atoms with Gasteiger partial charge in [-0.2, -0.15) is 5.26 Å². The number of hydrogen-bond donors (Lipinski definition) is 0. The van der Waals surface area contributed by atoms with Crippen molar-refractivity contribution in [1.29, 1.82) is 5.26 Å². The summed E-state index contributed by atoms with van der Waals surface area (Å²) in [7, 11) is 1.41. The topological polar surface area (TPSA) is 85.4 Å². The van der Waals surface area contributed by atoms with Crippen LogP contribution >= 0.6 is 0 Å². The Labute approximate surface area is 122 Å². The number of benzene rings is 1. The van der Waals surface area contributed by atoms with Crippen molar-refractivity contribution in [2.75, 3.05) is 7.11 Å². The average molecular weight is 288 g/mol. The van der Waals surface area contributed by atoms with Gasteiger partial charge in [0.15, 0.2) is 5.75 Å². The highest BCUT2D eigenvalue weighted by Gasteiger charge is 2.52. The van der Waals surface area contributed by atoms with Crippen LogP contribution in [0.1, 0.15) is 24.8 Å². The Balaban J connectivity index is 1.90. The molecule has 0 aromatic heterocycles. The number of ether oxygens (including phenoxy) is 2. The quantitative estimate of drug-likeness (QED) is 0.628. The highest BCUT2D eigenvalue weighted by molar-refractivity contribution is 5.49. The maximum Gasteiger partial charge on any atom is 0.311 e. The molecule has 6 nitrogen and oxygen atoms in total. The Morgan fingerprint density at radius 2 is 2.38 bits per heavy atom. The van der Waals surface area contributed by atoms with Crippen LogP contribution in [0.3, 0.4) is 0 Å². The average Bonchev–Trinajstić information content (AvgIpc) is 3.08. The van der Waals surface area contributed by atoms with E-state index in [0.29, 0.717) is 12.8 Å². The summed E-state index contributed by atoms with van der Waals surface area (Å²) >= 11 is 0. The highest BCUT2D eigenvalue weighted by Crippen LogP contribution is 2.49. The van der Waals surface area contributed by atoms with Gasteiger partial charge in [0.2, 0.25) is 0 Å². The number of hydrogen-bond acceptors (Lipinski definition) is 5. The second-order valence-corrected chi connectivity index (χ2v) is 5.74. The van der Waals surface area contributed by atoms with Crippen LogP contribution in [-0.4, -0.2) is 24.2 Å². The molecule has 0 amide bonds. The van der Waals surface area contributed by atoms with Crippen molar-refractivity contribution >= 4 is 5.69 Å². The smallest absolute Gasteiger partial charge is 0.311 e. The fraction of sp³-hybridized carbons (Fsp3) is 0.533. The van der Waals surface area contributed by atoms with Crippen molar-refractivity contribution < 1.29 is 14.4 Å². The Morgan fingerprint density at radius 3 is 2.90 bits per heavy atom. The molecular formula is C15H16N2O4. The third kappa shape index (κ3) is 2.24. The second-order valence-electron chi connectivity index (χ2n) is 5.74. The highest BCUT2D eigenvalue weighted by atomic mass is 16.6. The van der Waals surface area contributed by atoms with Gasteiger partial charge in [-0.25, -0.2) is 0 Å². The molecule has 3 atom stereocenters. The minimum Gasteiger partial charge on any atom is -0.490 e. The van der Waals surface area contributed by atoms with E-state index in [-0.39, 0.29) is 23.6 Å². The molecule has 0 aliphatic carbocycles. The summed E-state index contributed by atoms with van der Waals surface area (Å²) < 4.78 is 10.8. The van der Waals surface area contributed by atoms with Gasteiger partial charge in [0.25, 0.3) is 0 Å². The van der Waals surface area contributed by atoms with Crippen molar-refractivity contribution in [2.24, 2.45) is 5.41 Å². The summed E-state index contributed by atoms with van der Waals surface area (Å²) in [6.45, 7) is 0. The predicted octanol–water partition coefficient (Wildman–Crippen LogP) is 2.61. The van der Waals surface area contributed by atoms with Gasteiger partial charge in [-0.05, 0) is 37.3 Å². The number of fused-ring (bicyclic) bond motifs is 2. The molecule has 21 heavy (non-hydrogen) atoms. The van der Waals surface area contributed by atoms with Crippen molar-refractivity contribution in [3.05, 3.63) is 33.9 Å². The van der Waals surface area contributed by atoms with Gasteiger partial charge >= 0.3 is 5.69 Å². The van der Waals surface area contributed by atoms with Crippen LogP contribution in [0.25, 0.3) is 0 Å². The maximum atomic E-state index is 11.1. The van der Waals surface area contributed by atoms with Gasteiger partial charge in [-0.3, -0.25) is 10.1 Å². The van der Waals surface area contributed by atoms with Crippen LogP contribution in [0.4, 0.5) is 5.69 Å². The zero-order valence-corrected chi connectivity index (χ0v) is 11.7. The van der Waals surface area contributed by atoms with Crippen molar-refractivity contribution in [3.8, 4) is 11.8 Å². The summed E-state index contributed by atoms with van der Waals surface area (Å²) in [4.78, 5) is 10.6. The van der Waals surface area contributed by atoms with E-state index in [0.717, 1.165) is 18.4 Å². The third-order valence-electron chi connectivity index (χ3n) is 4.50. The van der Waals surface area contributed by atoms with Gasteiger partial charge in [0, 0.05) is 6.07 Å². The van der Waals surface area contributed by atoms with Crippen LogP contribution in [0.5, 0.6) is 5.75 Å². The molecule has 2 fully saturated rings. The number of nitrogens with zero attached hydrogens (tertiary/aromatic N) is 2. The SMILES string of the molecule is COc1ccc(CC2(C#N)CC3CCC2O3)cc1[N+](=O)[O-]. The maximum absolute atomic E-state index is 11.1. The fourth-order valence-corrected chi connectivity index (χ4v) is 3.50. The summed E-state index contributed by atoms with van der Waals surface area (Å²) in [5.74, 6) is 0.235. The molecule has 3 unspecified atom stereocenters. The fourth-order valence-electron chi connectivity index (χ4n) is 3.50. The lowest BCUT2D eigenvalue weighted by atomic mass is 9.71. The van der Waals surface area contributed by atoms with E-state index >= 15 is 0 Å². The lowest BCUT2D eigenvalue weighted by Gasteiger charge is -2.28. The molecule has 0 spiro atoms. The first-order chi connectivity index (χ1) is 10.1. The zero-order valence-electron chi connectivity index (χ0n) is 11.7. The Morgan fingerprint density at radius 1 is 1.57 bits per heavy atom. The van der Waals surface area contributed by atoms with Crippen molar-refractivity contribution in [1.82, 2.24) is 0 Å². The number of nitro benzene ring substituents is 1. The third-order valence-corrected chi connectivity index (χ3v) is 4.50. The van der Waals surface area contributed by atoms with Gasteiger partial charge in [0.05, 0.1) is 35.7 Å². The van der Waals surface area contributed by atoms with Crippen LogP contribution in [0.15, 0.2) is 18.2 Å². The molecule has 2 aliphatic rings. The summed E-state index contributed by atoms with van der Waals surface area (Å²) in [5, 5.41) is 20.7. The van der Waals surface area contributed by atoms with E-state index < -0.39 is 10.3 Å². The molecule has 1 aromatic rings. The zero-order chi connectivity index (χ0) is 15.0. The van der Waals surface area contributed by atoms with E-state index in [1.54, 1.807) is 12.1 Å². The molecule has 2 heterocycles. The van der Waals surface area contributed by atoms with E-state index in [4.69, 9.17) is 9.47 Å². The largest absolute Gasteiger partial charge is 0.490 e. The normalized spacial score (nSPS) is 30.1. The molecule has 0 N–H and O–H groups in total. The van der Waals surface area contributed by atoms with Crippen LogP contribution in [-0.2, 0) is 11.2 Å².